The number of nitrogens with zero attached hydrogens (tertiary/aromatic N) is 2. The van der Waals surface area contributed by atoms with E-state index in [1.165, 1.54) is 4.90 Å². The van der Waals surface area contributed by atoms with Crippen LogP contribution in [-0.2, 0) is 11.3 Å². The Morgan fingerprint density at radius 1 is 1.22 bits per heavy atom. The predicted molar refractivity (Wildman–Crippen MR) is 91.3 cm³/mol. The molecule has 0 atom stereocenters. The number of nitriles is 1. The Kier molecular flexibility index (Phi) is 6.07. The van der Waals surface area contributed by atoms with Crippen LogP contribution in [0.2, 0.25) is 0 Å². The third-order valence-electron chi connectivity index (χ3n) is 3.36. The van der Waals surface area contributed by atoms with Crippen LogP contribution in [0.5, 0.6) is 5.75 Å². The highest BCUT2D eigenvalue weighted by Crippen LogP contribution is 2.17. The molecule has 2 rings (SSSR count). The molecule has 0 saturated heterocycles. The number of amides is 1. The summed E-state index contributed by atoms with van der Waals surface area (Å²) in [5.41, 5.74) is 1.49. The van der Waals surface area contributed by atoms with E-state index in [2.05, 4.69) is 0 Å². The standard InChI is InChI=1S/C18H18N2O2S/c1-20(12-14-7-9-16(23-2)10-8-14)18(21)13-22-17-6-4-3-5-15(17)11-19/h3-10H,12-13H2,1-2H3. The van der Waals surface area contributed by atoms with Gasteiger partial charge in [-0.25, -0.2) is 0 Å². The number of hydrogen-bond donors (Lipinski definition) is 0. The number of ether oxygens (including phenoxy) is 1. The van der Waals surface area contributed by atoms with Crippen molar-refractivity contribution < 1.29 is 9.53 Å². The summed E-state index contributed by atoms with van der Waals surface area (Å²) in [6.45, 7) is 0.439. The average Bonchev–Trinajstić information content (AvgIpc) is 2.60. The Labute approximate surface area is 140 Å². The van der Waals surface area contributed by atoms with E-state index in [-0.39, 0.29) is 12.5 Å². The molecule has 0 aromatic heterocycles. The molecule has 23 heavy (non-hydrogen) atoms. The smallest absolute Gasteiger partial charge is 0.260 e. The lowest BCUT2D eigenvalue weighted by Crippen LogP contribution is -2.31. The number of benzene rings is 2. The number of carbonyl (C=O) groups excluding carboxylic acids is 1. The van der Waals surface area contributed by atoms with E-state index in [0.29, 0.717) is 17.9 Å². The van der Waals surface area contributed by atoms with Crippen molar-refractivity contribution in [2.24, 2.45) is 0 Å². The number of carbonyl (C=O) groups is 1. The van der Waals surface area contributed by atoms with Crippen molar-refractivity contribution in [1.29, 1.82) is 5.26 Å². The minimum atomic E-state index is -0.133. The van der Waals surface area contributed by atoms with Gasteiger partial charge < -0.3 is 9.64 Å². The van der Waals surface area contributed by atoms with Crippen molar-refractivity contribution in [1.82, 2.24) is 4.90 Å². The normalized spacial score (nSPS) is 9.96. The summed E-state index contributed by atoms with van der Waals surface area (Å²) in [4.78, 5) is 15.0. The molecule has 0 N–H and O–H groups in total. The van der Waals surface area contributed by atoms with Crippen molar-refractivity contribution >= 4 is 17.7 Å². The number of thioether (sulfide) groups is 1. The van der Waals surface area contributed by atoms with Gasteiger partial charge in [0, 0.05) is 18.5 Å². The molecule has 118 valence electrons. The molecule has 0 spiro atoms. The lowest BCUT2D eigenvalue weighted by Gasteiger charge is -2.18. The zero-order valence-electron chi connectivity index (χ0n) is 13.2. The van der Waals surface area contributed by atoms with E-state index < -0.39 is 0 Å². The van der Waals surface area contributed by atoms with Gasteiger partial charge in [0.25, 0.3) is 5.91 Å². The summed E-state index contributed by atoms with van der Waals surface area (Å²) < 4.78 is 5.47. The summed E-state index contributed by atoms with van der Waals surface area (Å²) in [6, 6.07) is 17.0. The molecule has 1 amide bonds. The first-order valence-corrected chi connectivity index (χ1v) is 8.35. The Balaban J connectivity index is 1.91. The van der Waals surface area contributed by atoms with Crippen LogP contribution in [-0.4, -0.2) is 30.7 Å². The summed E-state index contributed by atoms with van der Waals surface area (Å²) in [6.07, 6.45) is 2.03. The quantitative estimate of drug-likeness (QED) is 0.764. The number of likely N-dealkylation sites (N-methyl/N-ethyl adjacent to an activating group) is 1. The first kappa shape index (κ1) is 16.9. The van der Waals surface area contributed by atoms with Crippen LogP contribution < -0.4 is 4.74 Å². The first-order valence-electron chi connectivity index (χ1n) is 7.13. The fraction of sp³-hybridized carbons (Fsp3) is 0.222. The van der Waals surface area contributed by atoms with Crippen LogP contribution in [0.15, 0.2) is 53.4 Å². The second kappa shape index (κ2) is 8.25. The van der Waals surface area contributed by atoms with Crippen LogP contribution in [0.25, 0.3) is 0 Å². The highest BCUT2D eigenvalue weighted by molar-refractivity contribution is 7.98. The molecule has 0 saturated carbocycles. The maximum Gasteiger partial charge on any atom is 0.260 e. The Hall–Kier alpha value is -2.45. The number of hydrogen-bond acceptors (Lipinski definition) is 4. The van der Waals surface area contributed by atoms with E-state index in [1.807, 2.05) is 36.6 Å². The van der Waals surface area contributed by atoms with E-state index in [9.17, 15) is 4.79 Å². The van der Waals surface area contributed by atoms with E-state index in [0.717, 1.165) is 5.56 Å². The zero-order chi connectivity index (χ0) is 16.7. The van der Waals surface area contributed by atoms with Crippen LogP contribution in [0.3, 0.4) is 0 Å². The maximum absolute atomic E-state index is 12.2. The van der Waals surface area contributed by atoms with Crippen molar-refractivity contribution in [3.8, 4) is 11.8 Å². The molecular weight excluding hydrogens is 308 g/mol. The molecule has 5 heteroatoms. The van der Waals surface area contributed by atoms with Gasteiger partial charge in [0.05, 0.1) is 5.56 Å². The van der Waals surface area contributed by atoms with Gasteiger partial charge in [0.1, 0.15) is 11.8 Å². The first-order chi connectivity index (χ1) is 11.1. The second-order valence-electron chi connectivity index (χ2n) is 4.99. The highest BCUT2D eigenvalue weighted by Gasteiger charge is 2.11. The molecule has 0 aliphatic heterocycles. The van der Waals surface area contributed by atoms with Crippen molar-refractivity contribution in [3.63, 3.8) is 0 Å². The van der Waals surface area contributed by atoms with Crippen LogP contribution >= 0.6 is 11.8 Å². The monoisotopic (exact) mass is 326 g/mol. The largest absolute Gasteiger partial charge is 0.482 e. The highest BCUT2D eigenvalue weighted by atomic mass is 32.2. The van der Waals surface area contributed by atoms with Crippen molar-refractivity contribution in [2.45, 2.75) is 11.4 Å². The van der Waals surface area contributed by atoms with Crippen molar-refractivity contribution in [2.75, 3.05) is 19.9 Å². The fourth-order valence-corrected chi connectivity index (χ4v) is 2.44. The van der Waals surface area contributed by atoms with Gasteiger partial charge in [-0.2, -0.15) is 5.26 Å². The summed E-state index contributed by atoms with van der Waals surface area (Å²) in [7, 11) is 1.74. The minimum Gasteiger partial charge on any atom is -0.482 e. The molecule has 0 bridgehead atoms. The molecule has 0 aliphatic carbocycles. The minimum absolute atomic E-state index is 0.0852. The van der Waals surface area contributed by atoms with Crippen LogP contribution in [0.4, 0.5) is 0 Å². The van der Waals surface area contributed by atoms with E-state index >= 15 is 0 Å². The zero-order valence-corrected chi connectivity index (χ0v) is 14.0. The molecule has 0 unspecified atom stereocenters. The molecule has 2 aromatic rings. The Morgan fingerprint density at radius 2 is 1.91 bits per heavy atom. The third kappa shape index (κ3) is 4.76. The molecule has 0 radical (unpaired) electrons. The van der Waals surface area contributed by atoms with Crippen LogP contribution in [0, 0.1) is 11.3 Å². The molecular formula is C18H18N2O2S. The average molecular weight is 326 g/mol. The predicted octanol–water partition coefficient (Wildman–Crippen LogP) is 3.32. The third-order valence-corrected chi connectivity index (χ3v) is 4.11. The van der Waals surface area contributed by atoms with Crippen molar-refractivity contribution in [3.05, 3.63) is 59.7 Å². The van der Waals surface area contributed by atoms with E-state index in [1.54, 1.807) is 48.0 Å². The van der Waals surface area contributed by atoms with Gasteiger partial charge in [0.2, 0.25) is 0 Å². The molecule has 4 nitrogen and oxygen atoms in total. The lowest BCUT2D eigenvalue weighted by atomic mass is 10.2. The molecule has 0 aliphatic rings. The second-order valence-corrected chi connectivity index (χ2v) is 5.87. The van der Waals surface area contributed by atoms with Gasteiger partial charge in [-0.15, -0.1) is 11.8 Å². The number of para-hydroxylation sites is 1. The van der Waals surface area contributed by atoms with E-state index in [4.69, 9.17) is 10.00 Å². The van der Waals surface area contributed by atoms with Gasteiger partial charge in [-0.05, 0) is 36.1 Å². The summed E-state index contributed by atoms with van der Waals surface area (Å²) in [5.74, 6) is 0.299. The van der Waals surface area contributed by atoms with Gasteiger partial charge in [0.15, 0.2) is 6.61 Å². The summed E-state index contributed by atoms with van der Waals surface area (Å²) >= 11 is 1.69. The van der Waals surface area contributed by atoms with Gasteiger partial charge in [-0.1, -0.05) is 24.3 Å². The summed E-state index contributed by atoms with van der Waals surface area (Å²) in [5, 5.41) is 9.00. The molecule has 0 fully saturated rings. The Bertz CT molecular complexity index is 708. The maximum atomic E-state index is 12.2. The fourth-order valence-electron chi connectivity index (χ4n) is 2.03. The topological polar surface area (TPSA) is 53.3 Å². The molecule has 0 heterocycles. The SMILES string of the molecule is CSc1ccc(CN(C)C(=O)COc2ccccc2C#N)cc1. The van der Waals surface area contributed by atoms with Gasteiger partial charge in [-0.3, -0.25) is 4.79 Å². The van der Waals surface area contributed by atoms with Crippen LogP contribution in [0.1, 0.15) is 11.1 Å². The molecule has 2 aromatic carbocycles. The lowest BCUT2D eigenvalue weighted by molar-refractivity contribution is -0.132. The Morgan fingerprint density at radius 3 is 2.57 bits per heavy atom. The van der Waals surface area contributed by atoms with Gasteiger partial charge >= 0.3 is 0 Å². The number of rotatable bonds is 6.